The summed E-state index contributed by atoms with van der Waals surface area (Å²) in [5.74, 6) is -0.217. The van der Waals surface area contributed by atoms with Gasteiger partial charge in [0.05, 0.1) is 22.4 Å². The predicted molar refractivity (Wildman–Crippen MR) is 89.5 cm³/mol. The van der Waals surface area contributed by atoms with Gasteiger partial charge in [-0.3, -0.25) is 4.79 Å². The van der Waals surface area contributed by atoms with Gasteiger partial charge in [0, 0.05) is 9.13 Å². The number of carbonyl (C=O) groups excluding carboxylic acids is 1. The number of rotatable bonds is 2. The van der Waals surface area contributed by atoms with E-state index >= 15 is 0 Å². The van der Waals surface area contributed by atoms with Gasteiger partial charge in [-0.05, 0) is 52.9 Å². The van der Waals surface area contributed by atoms with Crippen LogP contribution in [0.15, 0.2) is 36.4 Å². The number of fused-ring (bicyclic) bond motifs is 1. The van der Waals surface area contributed by atoms with Gasteiger partial charge in [0.2, 0.25) is 0 Å². The minimum Gasteiger partial charge on any atom is -0.319 e. The Morgan fingerprint density at radius 2 is 2.10 bits per heavy atom. The van der Waals surface area contributed by atoms with Crippen molar-refractivity contribution in [3.8, 4) is 0 Å². The van der Waals surface area contributed by atoms with E-state index in [4.69, 9.17) is 11.6 Å². The number of amides is 1. The lowest BCUT2D eigenvalue weighted by Gasteiger charge is -2.07. The summed E-state index contributed by atoms with van der Waals surface area (Å²) in [5, 5.41) is 3.26. The van der Waals surface area contributed by atoms with Gasteiger partial charge in [0.1, 0.15) is 11.0 Å². The molecule has 0 aliphatic heterocycles. The molecule has 0 bridgehead atoms. The summed E-state index contributed by atoms with van der Waals surface area (Å²) in [6, 6.07) is 10.8. The first kappa shape index (κ1) is 13.7. The molecule has 0 unspecified atom stereocenters. The molecule has 1 N–H and O–H groups in total. The van der Waals surface area contributed by atoms with Gasteiger partial charge in [0.15, 0.2) is 0 Å². The molecular weight excluding hydrogens is 409 g/mol. The summed E-state index contributed by atoms with van der Waals surface area (Å²) in [7, 11) is 0. The molecule has 4 nitrogen and oxygen atoms in total. The quantitative estimate of drug-likeness (QED) is 0.638. The van der Waals surface area contributed by atoms with Crippen LogP contribution in [0.4, 0.5) is 5.69 Å². The summed E-state index contributed by atoms with van der Waals surface area (Å²) in [4.78, 5) is 12.3. The van der Waals surface area contributed by atoms with E-state index in [1.165, 1.54) is 0 Å². The topological polar surface area (TPSA) is 54.9 Å². The van der Waals surface area contributed by atoms with Crippen LogP contribution in [0.5, 0.6) is 0 Å². The summed E-state index contributed by atoms with van der Waals surface area (Å²) >= 11 is 9.40. The highest BCUT2D eigenvalue weighted by atomic mass is 127. The van der Waals surface area contributed by atoms with Gasteiger partial charge in [-0.15, -0.1) is 0 Å². The molecule has 0 saturated carbocycles. The van der Waals surface area contributed by atoms with E-state index < -0.39 is 0 Å². The van der Waals surface area contributed by atoms with Gasteiger partial charge in [0.25, 0.3) is 5.91 Å². The lowest BCUT2D eigenvalue weighted by molar-refractivity contribution is 0.102. The highest BCUT2D eigenvalue weighted by Crippen LogP contribution is 2.30. The van der Waals surface area contributed by atoms with E-state index in [9.17, 15) is 4.79 Å². The number of benzene rings is 2. The molecule has 1 heterocycles. The normalized spacial score (nSPS) is 10.7. The molecule has 0 aliphatic carbocycles. The molecule has 100 valence electrons. The number of nitrogens with one attached hydrogen (secondary N) is 1. The van der Waals surface area contributed by atoms with E-state index in [0.29, 0.717) is 21.8 Å². The Bertz CT molecular complexity index is 805. The van der Waals surface area contributed by atoms with Gasteiger partial charge in [-0.25, -0.2) is 0 Å². The Morgan fingerprint density at radius 1 is 1.25 bits per heavy atom. The fourth-order valence-electron chi connectivity index (χ4n) is 1.76. The molecule has 20 heavy (non-hydrogen) atoms. The standard InChI is InChI=1S/C13H7ClIN3OS/c14-9-4-5-10-12(18-20-17-10)11(9)16-13(19)7-2-1-3-8(15)6-7/h1-6H,(H,16,19). The molecule has 0 aliphatic rings. The van der Waals surface area contributed by atoms with Gasteiger partial charge in [-0.2, -0.15) is 8.75 Å². The third-order valence-corrected chi connectivity index (χ3v) is 4.23. The number of carbonyl (C=O) groups is 1. The fraction of sp³-hybridized carbons (Fsp3) is 0. The highest BCUT2D eigenvalue weighted by Gasteiger charge is 2.14. The first-order valence-electron chi connectivity index (χ1n) is 5.63. The third kappa shape index (κ3) is 2.63. The second kappa shape index (κ2) is 5.63. The number of aromatic nitrogens is 2. The molecule has 1 aromatic heterocycles. The minimum atomic E-state index is -0.217. The van der Waals surface area contributed by atoms with Crippen molar-refractivity contribution >= 4 is 68.5 Å². The van der Waals surface area contributed by atoms with E-state index in [1.807, 2.05) is 18.2 Å². The fourth-order valence-corrected chi connectivity index (χ4v) is 3.05. The maximum Gasteiger partial charge on any atom is 0.255 e. The van der Waals surface area contributed by atoms with Crippen molar-refractivity contribution in [2.45, 2.75) is 0 Å². The summed E-state index contributed by atoms with van der Waals surface area (Å²) < 4.78 is 9.30. The highest BCUT2D eigenvalue weighted by molar-refractivity contribution is 14.1. The van der Waals surface area contributed by atoms with E-state index in [-0.39, 0.29) is 5.91 Å². The molecule has 7 heteroatoms. The van der Waals surface area contributed by atoms with Crippen LogP contribution in [-0.2, 0) is 0 Å². The second-order valence-electron chi connectivity index (χ2n) is 4.02. The van der Waals surface area contributed by atoms with Crippen molar-refractivity contribution < 1.29 is 4.79 Å². The zero-order valence-corrected chi connectivity index (χ0v) is 13.7. The van der Waals surface area contributed by atoms with Gasteiger partial charge in [-0.1, -0.05) is 17.7 Å². The molecule has 3 rings (SSSR count). The molecule has 0 fully saturated rings. The van der Waals surface area contributed by atoms with Crippen LogP contribution >= 0.6 is 45.9 Å². The van der Waals surface area contributed by atoms with Crippen LogP contribution in [0, 0.1) is 3.57 Å². The average Bonchev–Trinajstić information content (AvgIpc) is 2.90. The van der Waals surface area contributed by atoms with E-state index in [2.05, 4.69) is 36.7 Å². The zero-order valence-electron chi connectivity index (χ0n) is 9.93. The van der Waals surface area contributed by atoms with Crippen molar-refractivity contribution in [1.82, 2.24) is 8.75 Å². The number of anilines is 1. The molecule has 3 aromatic rings. The maximum absolute atomic E-state index is 12.3. The lowest BCUT2D eigenvalue weighted by atomic mass is 10.2. The van der Waals surface area contributed by atoms with Crippen molar-refractivity contribution in [1.29, 1.82) is 0 Å². The maximum atomic E-state index is 12.3. The molecule has 2 aromatic carbocycles. The predicted octanol–water partition coefficient (Wildman–Crippen LogP) is 4.20. The van der Waals surface area contributed by atoms with Crippen LogP contribution in [0.25, 0.3) is 11.0 Å². The van der Waals surface area contributed by atoms with Crippen molar-refractivity contribution in [2.24, 2.45) is 0 Å². The molecular formula is C13H7ClIN3OS. The Hall–Kier alpha value is -1.25. The summed E-state index contributed by atoms with van der Waals surface area (Å²) in [6.45, 7) is 0. The van der Waals surface area contributed by atoms with Gasteiger partial charge < -0.3 is 5.32 Å². The number of halogens is 2. The molecule has 0 saturated heterocycles. The number of hydrogen-bond donors (Lipinski definition) is 1. The average molecular weight is 416 g/mol. The monoisotopic (exact) mass is 415 g/mol. The Labute approximate surface area is 137 Å². The van der Waals surface area contributed by atoms with Crippen LogP contribution in [-0.4, -0.2) is 14.7 Å². The zero-order chi connectivity index (χ0) is 14.1. The molecule has 0 radical (unpaired) electrons. The lowest BCUT2D eigenvalue weighted by Crippen LogP contribution is -2.12. The largest absolute Gasteiger partial charge is 0.319 e. The Kier molecular flexibility index (Phi) is 3.86. The molecule has 0 spiro atoms. The smallest absolute Gasteiger partial charge is 0.255 e. The Morgan fingerprint density at radius 3 is 2.90 bits per heavy atom. The van der Waals surface area contributed by atoms with Crippen LogP contribution in [0.3, 0.4) is 0 Å². The van der Waals surface area contributed by atoms with Crippen LogP contribution in [0.2, 0.25) is 5.02 Å². The first-order valence-corrected chi connectivity index (χ1v) is 7.81. The van der Waals surface area contributed by atoms with Crippen molar-refractivity contribution in [3.63, 3.8) is 0 Å². The van der Waals surface area contributed by atoms with Crippen LogP contribution < -0.4 is 5.32 Å². The van der Waals surface area contributed by atoms with Crippen molar-refractivity contribution in [3.05, 3.63) is 50.6 Å². The molecule has 0 atom stereocenters. The second-order valence-corrected chi connectivity index (χ2v) is 6.20. The minimum absolute atomic E-state index is 0.217. The third-order valence-electron chi connectivity index (χ3n) is 2.70. The molecule has 1 amide bonds. The van der Waals surface area contributed by atoms with E-state index in [0.717, 1.165) is 20.8 Å². The van der Waals surface area contributed by atoms with Gasteiger partial charge >= 0.3 is 0 Å². The number of hydrogen-bond acceptors (Lipinski definition) is 4. The Balaban J connectivity index is 1.99. The summed E-state index contributed by atoms with van der Waals surface area (Å²) in [5.41, 5.74) is 2.41. The first-order chi connectivity index (χ1) is 9.65. The van der Waals surface area contributed by atoms with E-state index in [1.54, 1.807) is 18.2 Å². The SMILES string of the molecule is O=C(Nc1c(Cl)ccc2nsnc12)c1cccc(I)c1. The summed E-state index contributed by atoms with van der Waals surface area (Å²) in [6.07, 6.45) is 0. The van der Waals surface area contributed by atoms with Crippen molar-refractivity contribution in [2.75, 3.05) is 5.32 Å². The number of nitrogens with zero attached hydrogens (tertiary/aromatic N) is 2. The van der Waals surface area contributed by atoms with Crippen LogP contribution in [0.1, 0.15) is 10.4 Å².